The van der Waals surface area contributed by atoms with Crippen LogP contribution in [0.1, 0.15) is 33.6 Å². The van der Waals surface area contributed by atoms with Crippen molar-refractivity contribution in [3.8, 4) is 0 Å². The summed E-state index contributed by atoms with van der Waals surface area (Å²) in [6.07, 6.45) is 3.65. The third kappa shape index (κ3) is 2.65. The number of rotatable bonds is 2. The predicted molar refractivity (Wildman–Crippen MR) is 98.4 cm³/mol. The van der Waals surface area contributed by atoms with Gasteiger partial charge in [0.05, 0.1) is 11.3 Å². The van der Waals surface area contributed by atoms with Crippen molar-refractivity contribution in [2.24, 2.45) is 0 Å². The van der Waals surface area contributed by atoms with Crippen molar-refractivity contribution in [1.29, 1.82) is 0 Å². The zero-order valence-corrected chi connectivity index (χ0v) is 13.9. The average Bonchev–Trinajstić information content (AvgIpc) is 2.61. The number of nitrogens with one attached hydrogen (secondary N) is 1. The number of carboxylic acids is 1. The fraction of sp³-hybridized carbons (Fsp3) is 0.100. The smallest absolute Gasteiger partial charge is 0.335 e. The highest BCUT2D eigenvalue weighted by molar-refractivity contribution is 6.31. The van der Waals surface area contributed by atoms with Gasteiger partial charge in [0.1, 0.15) is 0 Å². The molecule has 1 aliphatic rings. The fourth-order valence-electron chi connectivity index (χ4n) is 3.39. The maximum Gasteiger partial charge on any atom is 0.335 e. The Balaban J connectivity index is 1.97. The molecule has 1 aliphatic carbocycles. The van der Waals surface area contributed by atoms with Gasteiger partial charge in [-0.15, -0.1) is 0 Å². The number of aryl methyl sites for hydroxylation is 1. The standard InChI is InChI=1S/C20H14ClNO3/c21-13-7-8-16-17(10-13)15-6-2-5-14(18(15)22-19(16)23)11-3-1-4-12(9-11)20(24)25/h1,3-5,7-10H,2,6H2,(H,22,23)(H,24,25). The summed E-state index contributed by atoms with van der Waals surface area (Å²) in [5.41, 5.74) is 3.45. The van der Waals surface area contributed by atoms with E-state index in [-0.39, 0.29) is 11.1 Å². The first-order chi connectivity index (χ1) is 12.0. The quantitative estimate of drug-likeness (QED) is 0.724. The van der Waals surface area contributed by atoms with Gasteiger partial charge in [0, 0.05) is 16.0 Å². The molecule has 2 N–H and O–H groups in total. The zero-order valence-electron chi connectivity index (χ0n) is 13.2. The van der Waals surface area contributed by atoms with Crippen LogP contribution in [-0.4, -0.2) is 16.1 Å². The molecular formula is C20H14ClNO3. The van der Waals surface area contributed by atoms with Crippen LogP contribution < -0.4 is 5.56 Å². The first kappa shape index (κ1) is 15.7. The monoisotopic (exact) mass is 351 g/mol. The number of aromatic nitrogens is 1. The van der Waals surface area contributed by atoms with Crippen LogP contribution in [0.25, 0.3) is 16.3 Å². The van der Waals surface area contributed by atoms with Crippen LogP contribution in [-0.2, 0) is 6.42 Å². The van der Waals surface area contributed by atoms with Gasteiger partial charge in [-0.3, -0.25) is 4.79 Å². The Bertz CT molecular complexity index is 1110. The number of H-pyrrole nitrogens is 1. The van der Waals surface area contributed by atoms with Crippen LogP contribution in [0.3, 0.4) is 0 Å². The summed E-state index contributed by atoms with van der Waals surface area (Å²) in [6, 6.07) is 12.0. The van der Waals surface area contributed by atoms with Gasteiger partial charge in [-0.1, -0.05) is 29.8 Å². The van der Waals surface area contributed by atoms with E-state index in [0.29, 0.717) is 10.4 Å². The summed E-state index contributed by atoms with van der Waals surface area (Å²) < 4.78 is 0. The first-order valence-corrected chi connectivity index (χ1v) is 8.31. The van der Waals surface area contributed by atoms with Crippen LogP contribution in [0.15, 0.2) is 53.3 Å². The summed E-state index contributed by atoms with van der Waals surface area (Å²) in [7, 11) is 0. The van der Waals surface area contributed by atoms with Crippen molar-refractivity contribution in [2.45, 2.75) is 12.8 Å². The zero-order chi connectivity index (χ0) is 17.6. The molecular weight excluding hydrogens is 338 g/mol. The van der Waals surface area contributed by atoms with E-state index < -0.39 is 5.97 Å². The molecule has 0 radical (unpaired) electrons. The number of benzene rings is 2. The highest BCUT2D eigenvalue weighted by atomic mass is 35.5. The minimum absolute atomic E-state index is 0.174. The average molecular weight is 352 g/mol. The summed E-state index contributed by atoms with van der Waals surface area (Å²) in [5.74, 6) is -0.975. The van der Waals surface area contributed by atoms with E-state index in [1.807, 2.05) is 18.2 Å². The third-order valence-electron chi connectivity index (χ3n) is 4.52. The van der Waals surface area contributed by atoms with Gasteiger partial charge >= 0.3 is 5.97 Å². The van der Waals surface area contributed by atoms with E-state index in [0.717, 1.165) is 40.6 Å². The Morgan fingerprint density at radius 3 is 2.76 bits per heavy atom. The Hall–Kier alpha value is -2.85. The highest BCUT2D eigenvalue weighted by Crippen LogP contribution is 2.34. The van der Waals surface area contributed by atoms with Crippen LogP contribution in [0, 0.1) is 0 Å². The van der Waals surface area contributed by atoms with Gasteiger partial charge < -0.3 is 10.1 Å². The molecule has 0 saturated carbocycles. The number of carbonyl (C=O) groups is 1. The van der Waals surface area contributed by atoms with Gasteiger partial charge in [-0.25, -0.2) is 4.79 Å². The summed E-state index contributed by atoms with van der Waals surface area (Å²) in [4.78, 5) is 26.7. The lowest BCUT2D eigenvalue weighted by Crippen LogP contribution is -2.15. The number of aromatic amines is 1. The number of allylic oxidation sites excluding steroid dienone is 1. The summed E-state index contributed by atoms with van der Waals surface area (Å²) in [6.45, 7) is 0. The minimum Gasteiger partial charge on any atom is -0.478 e. The number of halogens is 1. The molecule has 124 valence electrons. The molecule has 25 heavy (non-hydrogen) atoms. The molecule has 5 heteroatoms. The number of carboxylic acid groups (broad SMARTS) is 1. The molecule has 0 aliphatic heterocycles. The predicted octanol–water partition coefficient (Wildman–Crippen LogP) is 4.26. The molecule has 0 saturated heterocycles. The second kappa shape index (κ2) is 5.90. The third-order valence-corrected chi connectivity index (χ3v) is 4.76. The lowest BCUT2D eigenvalue weighted by Gasteiger charge is -2.20. The van der Waals surface area contributed by atoms with Crippen molar-refractivity contribution in [3.05, 3.63) is 86.3 Å². The summed E-state index contributed by atoms with van der Waals surface area (Å²) in [5, 5.41) is 11.3. The van der Waals surface area contributed by atoms with Crippen molar-refractivity contribution in [1.82, 2.24) is 4.98 Å². The molecule has 0 atom stereocenters. The first-order valence-electron chi connectivity index (χ1n) is 7.93. The maximum atomic E-state index is 12.5. The Morgan fingerprint density at radius 2 is 1.96 bits per heavy atom. The van der Waals surface area contributed by atoms with Crippen molar-refractivity contribution >= 4 is 33.9 Å². The van der Waals surface area contributed by atoms with Gasteiger partial charge in [-0.2, -0.15) is 0 Å². The van der Waals surface area contributed by atoms with Crippen molar-refractivity contribution in [3.63, 3.8) is 0 Å². The number of fused-ring (bicyclic) bond motifs is 3. The van der Waals surface area contributed by atoms with Crippen molar-refractivity contribution < 1.29 is 9.90 Å². The van der Waals surface area contributed by atoms with Gasteiger partial charge in [-0.05, 0) is 59.7 Å². The fourth-order valence-corrected chi connectivity index (χ4v) is 3.56. The van der Waals surface area contributed by atoms with Crippen molar-refractivity contribution in [2.75, 3.05) is 0 Å². The molecule has 0 unspecified atom stereocenters. The molecule has 2 aromatic carbocycles. The molecule has 0 amide bonds. The number of pyridine rings is 1. The number of aromatic carboxylic acids is 1. The Labute approximate surface area is 148 Å². The molecule has 0 spiro atoms. The van der Waals surface area contributed by atoms with E-state index in [4.69, 9.17) is 11.6 Å². The second-order valence-electron chi connectivity index (χ2n) is 6.04. The maximum absolute atomic E-state index is 12.5. The van der Waals surface area contributed by atoms with Crippen LogP contribution >= 0.6 is 11.6 Å². The Kier molecular flexibility index (Phi) is 3.70. The SMILES string of the molecule is O=C(O)c1cccc(C2=CCCc3c2[nH]c(=O)c2ccc(Cl)cc32)c1. The van der Waals surface area contributed by atoms with E-state index in [1.165, 1.54) is 0 Å². The van der Waals surface area contributed by atoms with Crippen LogP contribution in [0.4, 0.5) is 0 Å². The van der Waals surface area contributed by atoms with E-state index in [2.05, 4.69) is 4.98 Å². The largest absolute Gasteiger partial charge is 0.478 e. The van der Waals surface area contributed by atoms with E-state index in [9.17, 15) is 14.7 Å². The van der Waals surface area contributed by atoms with Gasteiger partial charge in [0.25, 0.3) is 5.56 Å². The topological polar surface area (TPSA) is 70.2 Å². The van der Waals surface area contributed by atoms with E-state index >= 15 is 0 Å². The lowest BCUT2D eigenvalue weighted by molar-refractivity contribution is 0.0697. The van der Waals surface area contributed by atoms with Gasteiger partial charge in [0.2, 0.25) is 0 Å². The second-order valence-corrected chi connectivity index (χ2v) is 6.48. The van der Waals surface area contributed by atoms with Crippen LogP contribution in [0.2, 0.25) is 5.02 Å². The number of hydrogen-bond donors (Lipinski definition) is 2. The molecule has 0 fully saturated rings. The molecule has 0 bridgehead atoms. The molecule has 1 aromatic heterocycles. The van der Waals surface area contributed by atoms with Gasteiger partial charge in [0.15, 0.2) is 0 Å². The Morgan fingerprint density at radius 1 is 1.12 bits per heavy atom. The molecule has 3 aromatic rings. The minimum atomic E-state index is -0.975. The molecule has 4 rings (SSSR count). The van der Waals surface area contributed by atoms with Crippen LogP contribution in [0.5, 0.6) is 0 Å². The lowest BCUT2D eigenvalue weighted by atomic mass is 9.87. The highest BCUT2D eigenvalue weighted by Gasteiger charge is 2.20. The molecule has 1 heterocycles. The summed E-state index contributed by atoms with van der Waals surface area (Å²) >= 11 is 6.13. The molecule has 4 nitrogen and oxygen atoms in total. The normalized spacial score (nSPS) is 13.4. The van der Waals surface area contributed by atoms with E-state index in [1.54, 1.807) is 30.3 Å². The number of hydrogen-bond acceptors (Lipinski definition) is 2.